The Labute approximate surface area is 145 Å². The average Bonchev–Trinajstić information content (AvgIpc) is 2.62. The van der Waals surface area contributed by atoms with E-state index in [1.54, 1.807) is 0 Å². The van der Waals surface area contributed by atoms with Crippen LogP contribution in [0.25, 0.3) is 10.9 Å². The molecule has 0 saturated carbocycles. The maximum Gasteiger partial charge on any atom is 0.119 e. The standard InChI is InChI=1S/C22H27NO/c24-19-13-9-7-5-3-1-2-4-6-8-10-15-21-18-17-20-14-11-12-16-22(20)23-21/h11-12,14,16-19H,1-9,13H2. The zero-order valence-electron chi connectivity index (χ0n) is 14.5. The molecule has 0 radical (unpaired) electrons. The van der Waals surface area contributed by atoms with Gasteiger partial charge in [-0.15, -0.1) is 0 Å². The van der Waals surface area contributed by atoms with Gasteiger partial charge in [0, 0.05) is 18.2 Å². The molecule has 1 heterocycles. The fourth-order valence-electron chi connectivity index (χ4n) is 2.79. The number of carbonyl (C=O) groups is 1. The molecular weight excluding hydrogens is 294 g/mol. The lowest BCUT2D eigenvalue weighted by Crippen LogP contribution is -1.84. The van der Waals surface area contributed by atoms with E-state index in [9.17, 15) is 4.79 Å². The van der Waals surface area contributed by atoms with E-state index in [1.807, 2.05) is 24.3 Å². The molecule has 1 aromatic carbocycles. The number of aromatic nitrogens is 1. The lowest BCUT2D eigenvalue weighted by molar-refractivity contribution is -0.107. The van der Waals surface area contributed by atoms with Gasteiger partial charge in [-0.3, -0.25) is 0 Å². The summed E-state index contributed by atoms with van der Waals surface area (Å²) in [5.41, 5.74) is 1.88. The number of aldehydes is 1. The normalized spacial score (nSPS) is 10.3. The second-order valence-corrected chi connectivity index (χ2v) is 6.22. The third kappa shape index (κ3) is 6.96. The Bertz CT molecular complexity index is 681. The molecular formula is C22H27NO. The molecule has 1 aromatic heterocycles. The van der Waals surface area contributed by atoms with Crippen LogP contribution in [-0.2, 0) is 4.79 Å². The number of benzene rings is 1. The number of unbranched alkanes of at least 4 members (excludes halogenated alkanes) is 9. The van der Waals surface area contributed by atoms with Crippen molar-refractivity contribution in [3.05, 3.63) is 42.1 Å². The van der Waals surface area contributed by atoms with Gasteiger partial charge in [0.05, 0.1) is 5.52 Å². The summed E-state index contributed by atoms with van der Waals surface area (Å²) in [6, 6.07) is 12.2. The molecule has 0 saturated heterocycles. The molecule has 2 nitrogen and oxygen atoms in total. The quantitative estimate of drug-likeness (QED) is 0.320. The Kier molecular flexibility index (Phi) is 8.65. The van der Waals surface area contributed by atoms with E-state index < -0.39 is 0 Å². The molecule has 24 heavy (non-hydrogen) atoms. The fourth-order valence-corrected chi connectivity index (χ4v) is 2.79. The lowest BCUT2D eigenvalue weighted by Gasteiger charge is -2.00. The van der Waals surface area contributed by atoms with Gasteiger partial charge in [0.25, 0.3) is 0 Å². The number of para-hydroxylation sites is 1. The van der Waals surface area contributed by atoms with E-state index in [-0.39, 0.29) is 0 Å². The summed E-state index contributed by atoms with van der Waals surface area (Å²) >= 11 is 0. The Morgan fingerprint density at radius 3 is 2.33 bits per heavy atom. The zero-order valence-corrected chi connectivity index (χ0v) is 14.5. The van der Waals surface area contributed by atoms with Crippen LogP contribution in [0.2, 0.25) is 0 Å². The molecule has 0 aliphatic carbocycles. The highest BCUT2D eigenvalue weighted by atomic mass is 16.1. The summed E-state index contributed by atoms with van der Waals surface area (Å²) < 4.78 is 0. The molecule has 0 spiro atoms. The van der Waals surface area contributed by atoms with Crippen molar-refractivity contribution in [3.8, 4) is 11.8 Å². The van der Waals surface area contributed by atoms with E-state index in [1.165, 1.54) is 44.9 Å². The van der Waals surface area contributed by atoms with Crippen LogP contribution in [0.1, 0.15) is 69.9 Å². The SMILES string of the molecule is O=CCCCCCCCCCCC#Cc1ccc2ccccc2n1. The van der Waals surface area contributed by atoms with Crippen molar-refractivity contribution >= 4 is 17.2 Å². The molecule has 2 heteroatoms. The van der Waals surface area contributed by atoms with Crippen LogP contribution in [0, 0.1) is 11.8 Å². The van der Waals surface area contributed by atoms with Crippen molar-refractivity contribution in [2.75, 3.05) is 0 Å². The minimum absolute atomic E-state index is 0.727. The largest absolute Gasteiger partial charge is 0.303 e. The molecule has 0 unspecified atom stereocenters. The van der Waals surface area contributed by atoms with Gasteiger partial charge >= 0.3 is 0 Å². The summed E-state index contributed by atoms with van der Waals surface area (Å²) in [4.78, 5) is 14.8. The van der Waals surface area contributed by atoms with Crippen LogP contribution in [0.4, 0.5) is 0 Å². The molecule has 0 N–H and O–H groups in total. The van der Waals surface area contributed by atoms with Crippen LogP contribution in [-0.4, -0.2) is 11.3 Å². The van der Waals surface area contributed by atoms with E-state index in [2.05, 4.69) is 29.0 Å². The molecule has 0 aliphatic heterocycles. The highest BCUT2D eigenvalue weighted by Gasteiger charge is 1.94. The monoisotopic (exact) mass is 321 g/mol. The Balaban J connectivity index is 1.56. The van der Waals surface area contributed by atoms with Gasteiger partial charge in [-0.25, -0.2) is 4.98 Å². The highest BCUT2D eigenvalue weighted by molar-refractivity contribution is 5.78. The van der Waals surface area contributed by atoms with Crippen LogP contribution in [0.5, 0.6) is 0 Å². The summed E-state index contributed by atoms with van der Waals surface area (Å²) in [5.74, 6) is 6.42. The Morgan fingerprint density at radius 2 is 1.54 bits per heavy atom. The molecule has 0 fully saturated rings. The molecule has 0 aliphatic rings. The number of hydrogen-bond donors (Lipinski definition) is 0. The first-order chi connectivity index (χ1) is 11.9. The first-order valence-electron chi connectivity index (χ1n) is 9.18. The lowest BCUT2D eigenvalue weighted by atomic mass is 10.1. The summed E-state index contributed by atoms with van der Waals surface area (Å²) in [7, 11) is 0. The molecule has 0 atom stereocenters. The number of carbonyl (C=O) groups excluding carboxylic acids is 1. The molecule has 0 amide bonds. The van der Waals surface area contributed by atoms with E-state index in [0.717, 1.165) is 42.1 Å². The topological polar surface area (TPSA) is 30.0 Å². The smallest absolute Gasteiger partial charge is 0.119 e. The van der Waals surface area contributed by atoms with Crippen LogP contribution in [0.15, 0.2) is 36.4 Å². The van der Waals surface area contributed by atoms with Crippen molar-refractivity contribution in [2.45, 2.75) is 64.2 Å². The van der Waals surface area contributed by atoms with Gasteiger partial charge < -0.3 is 4.79 Å². The van der Waals surface area contributed by atoms with Gasteiger partial charge in [0.2, 0.25) is 0 Å². The number of pyridine rings is 1. The maximum absolute atomic E-state index is 10.2. The van der Waals surface area contributed by atoms with Crippen LogP contribution >= 0.6 is 0 Å². The number of rotatable bonds is 10. The van der Waals surface area contributed by atoms with E-state index in [4.69, 9.17) is 0 Å². The van der Waals surface area contributed by atoms with Gasteiger partial charge in [-0.2, -0.15) is 0 Å². The predicted octanol–water partition coefficient (Wildman–Crippen LogP) is 5.69. The van der Waals surface area contributed by atoms with Crippen molar-refractivity contribution < 1.29 is 4.79 Å². The van der Waals surface area contributed by atoms with Gasteiger partial charge in [-0.05, 0) is 30.9 Å². The minimum atomic E-state index is 0.727. The third-order valence-corrected chi connectivity index (χ3v) is 4.19. The van der Waals surface area contributed by atoms with Gasteiger partial charge in [-0.1, -0.05) is 68.7 Å². The fraction of sp³-hybridized carbons (Fsp3) is 0.455. The number of fused-ring (bicyclic) bond motifs is 1. The second-order valence-electron chi connectivity index (χ2n) is 6.22. The highest BCUT2D eigenvalue weighted by Crippen LogP contribution is 2.12. The zero-order chi connectivity index (χ0) is 16.9. The van der Waals surface area contributed by atoms with E-state index >= 15 is 0 Å². The maximum atomic E-state index is 10.2. The molecule has 2 rings (SSSR count). The summed E-state index contributed by atoms with van der Waals surface area (Å²) in [6.07, 6.45) is 12.6. The van der Waals surface area contributed by atoms with Gasteiger partial charge in [0.1, 0.15) is 12.0 Å². The third-order valence-electron chi connectivity index (χ3n) is 4.19. The Hall–Kier alpha value is -2.14. The first-order valence-corrected chi connectivity index (χ1v) is 9.18. The van der Waals surface area contributed by atoms with Crippen molar-refractivity contribution in [1.82, 2.24) is 4.98 Å². The first kappa shape index (κ1) is 18.2. The van der Waals surface area contributed by atoms with Crippen molar-refractivity contribution in [3.63, 3.8) is 0 Å². The van der Waals surface area contributed by atoms with E-state index in [0.29, 0.717) is 0 Å². The number of nitrogens with zero attached hydrogens (tertiary/aromatic N) is 1. The summed E-state index contributed by atoms with van der Waals surface area (Å²) in [6.45, 7) is 0. The van der Waals surface area contributed by atoms with Gasteiger partial charge in [0.15, 0.2) is 0 Å². The van der Waals surface area contributed by atoms with Crippen LogP contribution in [0.3, 0.4) is 0 Å². The Morgan fingerprint density at radius 1 is 0.833 bits per heavy atom. The second kappa shape index (κ2) is 11.4. The van der Waals surface area contributed by atoms with Crippen molar-refractivity contribution in [2.24, 2.45) is 0 Å². The molecule has 126 valence electrons. The minimum Gasteiger partial charge on any atom is -0.303 e. The molecule has 2 aromatic rings. The van der Waals surface area contributed by atoms with Crippen LogP contribution < -0.4 is 0 Å². The predicted molar refractivity (Wildman–Crippen MR) is 101 cm³/mol. The van der Waals surface area contributed by atoms with Crippen molar-refractivity contribution in [1.29, 1.82) is 0 Å². The number of hydrogen-bond acceptors (Lipinski definition) is 2. The molecule has 0 bridgehead atoms. The summed E-state index contributed by atoms with van der Waals surface area (Å²) in [5, 5.41) is 1.16. The average molecular weight is 321 g/mol.